The van der Waals surface area contributed by atoms with Crippen LogP contribution in [0.5, 0.6) is 0 Å². The summed E-state index contributed by atoms with van der Waals surface area (Å²) in [5, 5.41) is 0.182. The van der Waals surface area contributed by atoms with Crippen molar-refractivity contribution >= 4 is 27.3 Å². The van der Waals surface area contributed by atoms with Crippen molar-refractivity contribution in [2.75, 3.05) is 26.4 Å². The molecule has 0 amide bonds. The highest BCUT2D eigenvalue weighted by Crippen LogP contribution is 2.27. The fraction of sp³-hybridized carbons (Fsp3) is 0.571. The highest BCUT2D eigenvalue weighted by Gasteiger charge is 2.25. The zero-order valence-electron chi connectivity index (χ0n) is 13.1. The Hall–Kier alpha value is -0.820. The Kier molecular flexibility index (Phi) is 6.04. The number of benzene rings is 1. The quantitative estimate of drug-likeness (QED) is 0.782. The molecule has 0 aromatic heterocycles. The number of rotatable bonds is 6. The zero-order valence-corrected chi connectivity index (χ0v) is 14.7. The Balaban J connectivity index is 3.13. The van der Waals surface area contributed by atoms with Crippen LogP contribution in [0.25, 0.3) is 0 Å². The van der Waals surface area contributed by atoms with E-state index in [0.717, 1.165) is 5.56 Å². The minimum absolute atomic E-state index is 0.0247. The number of nitrogen functional groups attached to an aromatic ring is 1. The number of likely N-dealkylation sites (N-methyl/N-ethyl adjacent to an activating group) is 1. The SMILES string of the molecule is Cc1cc(Cl)c(S(=O)(=O)NC(CN(C)C)C(C)C)cc1N. The van der Waals surface area contributed by atoms with Gasteiger partial charge in [-0.15, -0.1) is 0 Å². The normalized spacial score (nSPS) is 13.9. The number of hydrogen-bond donors (Lipinski definition) is 2. The molecule has 1 unspecified atom stereocenters. The molecule has 1 aromatic rings. The summed E-state index contributed by atoms with van der Waals surface area (Å²) in [6.45, 7) is 6.34. The van der Waals surface area contributed by atoms with Gasteiger partial charge in [-0.1, -0.05) is 25.4 Å². The van der Waals surface area contributed by atoms with Gasteiger partial charge >= 0.3 is 0 Å². The number of hydrogen-bond acceptors (Lipinski definition) is 4. The molecule has 0 aliphatic rings. The molecule has 120 valence electrons. The number of nitrogens with one attached hydrogen (secondary N) is 1. The molecule has 0 heterocycles. The van der Waals surface area contributed by atoms with Crippen LogP contribution in [0.2, 0.25) is 5.02 Å². The molecule has 7 heteroatoms. The van der Waals surface area contributed by atoms with E-state index in [4.69, 9.17) is 17.3 Å². The predicted octanol–water partition coefficient (Wildman–Crippen LogP) is 2.10. The van der Waals surface area contributed by atoms with Crippen LogP contribution in [0.15, 0.2) is 17.0 Å². The zero-order chi connectivity index (χ0) is 16.4. The molecule has 0 radical (unpaired) electrons. The maximum Gasteiger partial charge on any atom is 0.242 e. The van der Waals surface area contributed by atoms with Crippen molar-refractivity contribution in [3.05, 3.63) is 22.7 Å². The molecule has 0 aliphatic carbocycles. The lowest BCUT2D eigenvalue weighted by Crippen LogP contribution is -2.44. The highest BCUT2D eigenvalue weighted by atomic mass is 35.5. The van der Waals surface area contributed by atoms with Crippen molar-refractivity contribution in [2.45, 2.75) is 31.7 Å². The van der Waals surface area contributed by atoms with Crippen LogP contribution in [-0.4, -0.2) is 40.0 Å². The van der Waals surface area contributed by atoms with Crippen molar-refractivity contribution in [2.24, 2.45) is 5.92 Å². The lowest BCUT2D eigenvalue weighted by molar-refractivity contribution is 0.314. The number of anilines is 1. The Labute approximate surface area is 132 Å². The average molecular weight is 334 g/mol. The first-order chi connectivity index (χ1) is 9.54. The van der Waals surface area contributed by atoms with Gasteiger partial charge in [0.15, 0.2) is 0 Å². The molecule has 0 saturated heterocycles. The van der Waals surface area contributed by atoms with Gasteiger partial charge in [-0.2, -0.15) is 0 Å². The van der Waals surface area contributed by atoms with Crippen molar-refractivity contribution in [1.29, 1.82) is 0 Å². The van der Waals surface area contributed by atoms with Crippen LogP contribution >= 0.6 is 11.6 Å². The van der Waals surface area contributed by atoms with Crippen LogP contribution in [0.3, 0.4) is 0 Å². The molecule has 0 bridgehead atoms. The monoisotopic (exact) mass is 333 g/mol. The van der Waals surface area contributed by atoms with Gasteiger partial charge in [0.05, 0.1) is 5.02 Å². The number of nitrogens with zero attached hydrogens (tertiary/aromatic N) is 1. The van der Waals surface area contributed by atoms with Gasteiger partial charge in [-0.3, -0.25) is 0 Å². The Morgan fingerprint density at radius 1 is 1.33 bits per heavy atom. The van der Waals surface area contributed by atoms with Crippen molar-refractivity contribution in [3.8, 4) is 0 Å². The Morgan fingerprint density at radius 2 is 1.90 bits per heavy atom. The summed E-state index contributed by atoms with van der Waals surface area (Å²) in [6.07, 6.45) is 0. The summed E-state index contributed by atoms with van der Waals surface area (Å²) in [5.74, 6) is 0.156. The Morgan fingerprint density at radius 3 is 2.38 bits per heavy atom. The van der Waals surface area contributed by atoms with Crippen LogP contribution in [0, 0.1) is 12.8 Å². The summed E-state index contributed by atoms with van der Waals surface area (Å²) in [5.41, 5.74) is 6.97. The average Bonchev–Trinajstić information content (AvgIpc) is 2.31. The second kappa shape index (κ2) is 6.96. The molecule has 0 aliphatic heterocycles. The maximum absolute atomic E-state index is 12.5. The third-order valence-electron chi connectivity index (χ3n) is 3.28. The van der Waals surface area contributed by atoms with Crippen LogP contribution < -0.4 is 10.5 Å². The van der Waals surface area contributed by atoms with Gasteiger partial charge in [-0.05, 0) is 44.6 Å². The molecule has 0 spiro atoms. The standard InChI is InChI=1S/C14H24ClN3O2S/c1-9(2)13(8-18(4)5)17-21(19,20)14-7-12(16)10(3)6-11(14)15/h6-7,9,13,17H,8,16H2,1-5H3. The minimum atomic E-state index is -3.71. The molecule has 3 N–H and O–H groups in total. The van der Waals surface area contributed by atoms with Crippen LogP contribution in [0.4, 0.5) is 5.69 Å². The van der Waals surface area contributed by atoms with E-state index in [2.05, 4.69) is 4.72 Å². The molecule has 1 rings (SSSR count). The van der Waals surface area contributed by atoms with Crippen LogP contribution in [-0.2, 0) is 10.0 Å². The van der Waals surface area contributed by atoms with Gasteiger partial charge in [0.2, 0.25) is 10.0 Å². The second-order valence-electron chi connectivity index (χ2n) is 5.87. The fourth-order valence-electron chi connectivity index (χ4n) is 1.91. The smallest absolute Gasteiger partial charge is 0.242 e. The largest absolute Gasteiger partial charge is 0.398 e. The molecular weight excluding hydrogens is 310 g/mol. The summed E-state index contributed by atoms with van der Waals surface area (Å²) >= 11 is 6.07. The molecule has 21 heavy (non-hydrogen) atoms. The molecule has 1 aromatic carbocycles. The molecule has 1 atom stereocenters. The van der Waals surface area contributed by atoms with E-state index in [1.165, 1.54) is 6.07 Å². The maximum atomic E-state index is 12.5. The number of halogens is 1. The third kappa shape index (κ3) is 4.85. The summed E-state index contributed by atoms with van der Waals surface area (Å²) in [7, 11) is 0.0979. The molecule has 0 fully saturated rings. The van der Waals surface area contributed by atoms with Gasteiger partial charge in [0.1, 0.15) is 4.90 Å². The predicted molar refractivity (Wildman–Crippen MR) is 88.1 cm³/mol. The van der Waals surface area contributed by atoms with Gasteiger partial charge in [0, 0.05) is 18.3 Å². The first-order valence-electron chi connectivity index (χ1n) is 6.77. The molecular formula is C14H24ClN3O2S. The van der Waals surface area contributed by atoms with E-state index < -0.39 is 10.0 Å². The lowest BCUT2D eigenvalue weighted by Gasteiger charge is -2.25. The number of nitrogens with two attached hydrogens (primary N) is 1. The van der Waals surface area contributed by atoms with E-state index >= 15 is 0 Å². The lowest BCUT2D eigenvalue weighted by atomic mass is 10.1. The van der Waals surface area contributed by atoms with E-state index in [1.54, 1.807) is 13.0 Å². The summed E-state index contributed by atoms with van der Waals surface area (Å²) in [6, 6.07) is 2.78. The topological polar surface area (TPSA) is 75.4 Å². The van der Waals surface area contributed by atoms with E-state index in [1.807, 2.05) is 32.8 Å². The fourth-order valence-corrected chi connectivity index (χ4v) is 3.91. The van der Waals surface area contributed by atoms with Crippen molar-refractivity contribution < 1.29 is 8.42 Å². The molecule has 0 saturated carbocycles. The minimum Gasteiger partial charge on any atom is -0.398 e. The Bertz CT molecular complexity index is 600. The third-order valence-corrected chi connectivity index (χ3v) is 5.24. The van der Waals surface area contributed by atoms with E-state index in [0.29, 0.717) is 12.2 Å². The second-order valence-corrected chi connectivity index (χ2v) is 7.96. The molecule has 5 nitrogen and oxygen atoms in total. The number of aryl methyl sites for hydroxylation is 1. The van der Waals surface area contributed by atoms with Gasteiger partial charge < -0.3 is 10.6 Å². The first-order valence-corrected chi connectivity index (χ1v) is 8.63. The highest BCUT2D eigenvalue weighted by molar-refractivity contribution is 7.89. The summed E-state index contributed by atoms with van der Waals surface area (Å²) < 4.78 is 27.8. The van der Waals surface area contributed by atoms with Crippen molar-refractivity contribution in [1.82, 2.24) is 9.62 Å². The van der Waals surface area contributed by atoms with E-state index in [9.17, 15) is 8.42 Å². The number of sulfonamides is 1. The first kappa shape index (κ1) is 18.2. The van der Waals surface area contributed by atoms with Crippen molar-refractivity contribution in [3.63, 3.8) is 0 Å². The van der Waals surface area contributed by atoms with Crippen LogP contribution in [0.1, 0.15) is 19.4 Å². The van der Waals surface area contributed by atoms with Gasteiger partial charge in [0.25, 0.3) is 0 Å². The summed E-state index contributed by atoms with van der Waals surface area (Å²) in [4.78, 5) is 1.97. The van der Waals surface area contributed by atoms with E-state index in [-0.39, 0.29) is 21.9 Å². The van der Waals surface area contributed by atoms with Gasteiger partial charge in [-0.25, -0.2) is 13.1 Å².